The van der Waals surface area contributed by atoms with Gasteiger partial charge in [-0.3, -0.25) is 4.79 Å². The fourth-order valence-corrected chi connectivity index (χ4v) is 2.39. The van der Waals surface area contributed by atoms with Crippen LogP contribution in [0.1, 0.15) is 10.4 Å². The summed E-state index contributed by atoms with van der Waals surface area (Å²) in [6.45, 7) is 3.02. The maximum absolute atomic E-state index is 12.4. The quantitative estimate of drug-likeness (QED) is 0.865. The molecule has 0 unspecified atom stereocenters. The van der Waals surface area contributed by atoms with Crippen molar-refractivity contribution in [1.29, 1.82) is 0 Å². The second-order valence-corrected chi connectivity index (χ2v) is 4.87. The van der Waals surface area contributed by atoms with Crippen LogP contribution in [0.15, 0.2) is 24.5 Å². The van der Waals surface area contributed by atoms with Gasteiger partial charge in [0.15, 0.2) is 0 Å². The summed E-state index contributed by atoms with van der Waals surface area (Å²) in [5.74, 6) is -0.0419. The van der Waals surface area contributed by atoms with Gasteiger partial charge in [-0.1, -0.05) is 11.6 Å². The Morgan fingerprint density at radius 3 is 2.75 bits per heavy atom. The molecule has 1 fully saturated rings. The largest absolute Gasteiger partial charge is 0.336 e. The molecule has 1 aliphatic rings. The molecule has 1 aliphatic heterocycles. The van der Waals surface area contributed by atoms with Crippen molar-refractivity contribution in [3.05, 3.63) is 35.1 Å². The molecule has 2 aromatic rings. The number of nitrogens with zero attached hydrogens (tertiary/aromatic N) is 5. The van der Waals surface area contributed by atoms with Crippen molar-refractivity contribution in [2.45, 2.75) is 0 Å². The first-order chi connectivity index (χ1) is 9.75. The molecule has 8 heteroatoms. The van der Waals surface area contributed by atoms with Crippen LogP contribution in [0.2, 0.25) is 5.02 Å². The lowest BCUT2D eigenvalue weighted by atomic mass is 10.1. The van der Waals surface area contributed by atoms with Crippen LogP contribution in [-0.4, -0.2) is 57.2 Å². The average Bonchev–Trinajstić information content (AvgIpc) is 3.01. The highest BCUT2D eigenvalue weighted by molar-refractivity contribution is 6.34. The van der Waals surface area contributed by atoms with Crippen molar-refractivity contribution in [1.82, 2.24) is 30.4 Å². The number of benzene rings is 1. The Hall–Kier alpha value is -1.99. The smallest absolute Gasteiger partial charge is 0.255 e. The van der Waals surface area contributed by atoms with Crippen LogP contribution in [0, 0.1) is 0 Å². The zero-order valence-electron chi connectivity index (χ0n) is 10.7. The fraction of sp³-hybridized carbons (Fsp3) is 0.333. The molecule has 0 bridgehead atoms. The minimum absolute atomic E-state index is 0.0419. The zero-order valence-corrected chi connectivity index (χ0v) is 11.4. The Morgan fingerprint density at radius 1 is 1.30 bits per heavy atom. The van der Waals surface area contributed by atoms with Crippen molar-refractivity contribution in [2.75, 3.05) is 26.2 Å². The highest BCUT2D eigenvalue weighted by Crippen LogP contribution is 2.21. The number of hydrogen-bond donors (Lipinski definition) is 1. The van der Waals surface area contributed by atoms with Crippen LogP contribution in [-0.2, 0) is 0 Å². The van der Waals surface area contributed by atoms with Gasteiger partial charge in [-0.15, -0.1) is 5.10 Å². The zero-order chi connectivity index (χ0) is 13.9. The van der Waals surface area contributed by atoms with Gasteiger partial charge in [-0.2, -0.15) is 0 Å². The van der Waals surface area contributed by atoms with Gasteiger partial charge in [0.2, 0.25) is 0 Å². The van der Waals surface area contributed by atoms with E-state index < -0.39 is 0 Å². The number of amides is 1. The topological polar surface area (TPSA) is 75.9 Å². The van der Waals surface area contributed by atoms with E-state index in [1.807, 2.05) is 0 Å². The van der Waals surface area contributed by atoms with Gasteiger partial charge in [-0.05, 0) is 28.6 Å². The number of carbonyl (C=O) groups excluding carboxylic acids is 1. The molecule has 1 aromatic carbocycles. The Morgan fingerprint density at radius 2 is 2.10 bits per heavy atom. The highest BCUT2D eigenvalue weighted by atomic mass is 35.5. The van der Waals surface area contributed by atoms with E-state index >= 15 is 0 Å². The molecular weight excluding hydrogens is 280 g/mol. The number of rotatable bonds is 2. The average molecular weight is 293 g/mol. The second-order valence-electron chi connectivity index (χ2n) is 4.46. The third-order valence-corrected chi connectivity index (χ3v) is 3.51. The molecule has 0 atom stereocenters. The summed E-state index contributed by atoms with van der Waals surface area (Å²) >= 11 is 6.22. The number of nitrogens with one attached hydrogen (secondary N) is 1. The van der Waals surface area contributed by atoms with E-state index in [0.29, 0.717) is 23.7 Å². The van der Waals surface area contributed by atoms with Gasteiger partial charge in [0.05, 0.1) is 16.3 Å². The third kappa shape index (κ3) is 2.50. The number of hydrogen-bond acceptors (Lipinski definition) is 5. The van der Waals surface area contributed by atoms with Crippen molar-refractivity contribution < 1.29 is 4.79 Å². The summed E-state index contributed by atoms with van der Waals surface area (Å²) in [5.41, 5.74) is 1.22. The summed E-state index contributed by atoms with van der Waals surface area (Å²) in [4.78, 5) is 14.2. The van der Waals surface area contributed by atoms with E-state index in [2.05, 4.69) is 20.8 Å². The molecule has 104 valence electrons. The van der Waals surface area contributed by atoms with E-state index in [9.17, 15) is 4.79 Å². The van der Waals surface area contributed by atoms with E-state index in [0.717, 1.165) is 18.8 Å². The molecule has 1 amide bonds. The van der Waals surface area contributed by atoms with Gasteiger partial charge < -0.3 is 10.2 Å². The number of tetrazole rings is 1. The van der Waals surface area contributed by atoms with Gasteiger partial charge in [-0.25, -0.2) is 4.68 Å². The van der Waals surface area contributed by atoms with Gasteiger partial charge in [0.1, 0.15) is 6.33 Å². The molecule has 0 aliphatic carbocycles. The lowest BCUT2D eigenvalue weighted by Crippen LogP contribution is -2.46. The standard InChI is InChI=1S/C12H13ClN6O/c13-11-7-9(19-8-15-16-17-19)1-2-10(11)12(20)18-5-3-14-4-6-18/h1-2,7-8,14H,3-6H2. The maximum Gasteiger partial charge on any atom is 0.255 e. The second kappa shape index (κ2) is 5.56. The van der Waals surface area contributed by atoms with E-state index in [-0.39, 0.29) is 5.91 Å². The van der Waals surface area contributed by atoms with Crippen LogP contribution in [0.25, 0.3) is 5.69 Å². The minimum Gasteiger partial charge on any atom is -0.336 e. The van der Waals surface area contributed by atoms with Crippen LogP contribution in [0.3, 0.4) is 0 Å². The van der Waals surface area contributed by atoms with Crippen molar-refractivity contribution in [2.24, 2.45) is 0 Å². The summed E-state index contributed by atoms with van der Waals surface area (Å²) in [5, 5.41) is 14.5. The van der Waals surface area contributed by atoms with E-state index in [4.69, 9.17) is 11.6 Å². The molecule has 20 heavy (non-hydrogen) atoms. The van der Waals surface area contributed by atoms with Gasteiger partial charge in [0, 0.05) is 26.2 Å². The maximum atomic E-state index is 12.4. The summed E-state index contributed by atoms with van der Waals surface area (Å²) in [6.07, 6.45) is 1.48. The molecule has 0 radical (unpaired) electrons. The Balaban J connectivity index is 1.85. The summed E-state index contributed by atoms with van der Waals surface area (Å²) < 4.78 is 1.49. The molecule has 3 rings (SSSR count). The normalized spacial score (nSPS) is 15.3. The molecule has 1 N–H and O–H groups in total. The fourth-order valence-electron chi connectivity index (χ4n) is 2.14. The monoisotopic (exact) mass is 292 g/mol. The van der Waals surface area contributed by atoms with E-state index in [1.165, 1.54) is 11.0 Å². The molecule has 1 aromatic heterocycles. The third-order valence-electron chi connectivity index (χ3n) is 3.20. The van der Waals surface area contributed by atoms with Crippen LogP contribution in [0.4, 0.5) is 0 Å². The Bertz CT molecular complexity index is 608. The molecular formula is C12H13ClN6O. The molecule has 0 saturated carbocycles. The summed E-state index contributed by atoms with van der Waals surface area (Å²) in [6, 6.07) is 5.18. The first-order valence-corrected chi connectivity index (χ1v) is 6.66. The Labute approximate surface area is 120 Å². The van der Waals surface area contributed by atoms with E-state index in [1.54, 1.807) is 23.1 Å². The van der Waals surface area contributed by atoms with Crippen molar-refractivity contribution >= 4 is 17.5 Å². The highest BCUT2D eigenvalue weighted by Gasteiger charge is 2.20. The van der Waals surface area contributed by atoms with Gasteiger partial charge in [0.25, 0.3) is 5.91 Å². The first kappa shape index (κ1) is 13.0. The lowest BCUT2D eigenvalue weighted by molar-refractivity contribution is 0.0736. The number of aromatic nitrogens is 4. The SMILES string of the molecule is O=C(c1ccc(-n2cnnn2)cc1Cl)N1CCNCC1. The Kier molecular flexibility index (Phi) is 3.62. The lowest BCUT2D eigenvalue weighted by Gasteiger charge is -2.27. The van der Waals surface area contributed by atoms with Crippen molar-refractivity contribution in [3.63, 3.8) is 0 Å². The van der Waals surface area contributed by atoms with Crippen molar-refractivity contribution in [3.8, 4) is 5.69 Å². The van der Waals surface area contributed by atoms with Gasteiger partial charge >= 0.3 is 0 Å². The summed E-state index contributed by atoms with van der Waals surface area (Å²) in [7, 11) is 0. The number of carbonyl (C=O) groups is 1. The molecule has 7 nitrogen and oxygen atoms in total. The van der Waals surface area contributed by atoms with Crippen LogP contribution < -0.4 is 5.32 Å². The predicted molar refractivity (Wildman–Crippen MR) is 72.9 cm³/mol. The molecule has 0 spiro atoms. The minimum atomic E-state index is -0.0419. The van der Waals surface area contributed by atoms with Crippen LogP contribution >= 0.6 is 11.6 Å². The molecule has 1 saturated heterocycles. The predicted octanol–water partition coefficient (Wildman–Crippen LogP) is 0.361. The molecule has 2 heterocycles. The first-order valence-electron chi connectivity index (χ1n) is 6.28. The number of piperazine rings is 1. The number of halogens is 1. The van der Waals surface area contributed by atoms with Crippen LogP contribution in [0.5, 0.6) is 0 Å².